The predicted octanol–water partition coefficient (Wildman–Crippen LogP) is 4.62. The number of nitrogens with zero attached hydrogens (tertiary/aromatic N) is 1. The highest BCUT2D eigenvalue weighted by atomic mass is 35.5. The molecule has 2 aromatic carbocycles. The van der Waals surface area contributed by atoms with Crippen LogP contribution in [0.25, 0.3) is 0 Å². The van der Waals surface area contributed by atoms with Gasteiger partial charge in [0.1, 0.15) is 0 Å². The second-order valence-corrected chi connectivity index (χ2v) is 7.66. The van der Waals surface area contributed by atoms with Crippen LogP contribution in [0.5, 0.6) is 0 Å². The van der Waals surface area contributed by atoms with E-state index in [0.29, 0.717) is 22.0 Å². The van der Waals surface area contributed by atoms with Crippen molar-refractivity contribution in [2.75, 3.05) is 24.2 Å². The van der Waals surface area contributed by atoms with Gasteiger partial charge in [0.25, 0.3) is 5.91 Å². The van der Waals surface area contributed by atoms with E-state index in [9.17, 15) is 9.59 Å². The van der Waals surface area contributed by atoms with E-state index in [2.05, 4.69) is 5.32 Å². The second kappa shape index (κ2) is 8.60. The Morgan fingerprint density at radius 3 is 2.62 bits per heavy atom. The molecular weight excluding hydrogens is 368 g/mol. The molecule has 1 saturated heterocycles. The molecule has 2 aromatic rings. The normalized spacial score (nSPS) is 13.7. The first kappa shape index (κ1) is 18.8. The molecule has 0 radical (unpaired) electrons. The van der Waals surface area contributed by atoms with E-state index in [1.165, 1.54) is 11.8 Å². The topological polar surface area (TPSA) is 49.4 Å². The Morgan fingerprint density at radius 1 is 1.12 bits per heavy atom. The van der Waals surface area contributed by atoms with E-state index in [-0.39, 0.29) is 11.8 Å². The third-order valence-corrected chi connectivity index (χ3v) is 5.93. The Bertz CT molecular complexity index is 819. The van der Waals surface area contributed by atoms with E-state index in [4.69, 9.17) is 11.6 Å². The van der Waals surface area contributed by atoms with Crippen molar-refractivity contribution in [3.63, 3.8) is 0 Å². The molecule has 0 aromatic heterocycles. The molecule has 1 aliphatic heterocycles. The number of thioether (sulfide) groups is 1. The van der Waals surface area contributed by atoms with E-state index in [0.717, 1.165) is 36.4 Å². The molecule has 4 nitrogen and oxygen atoms in total. The number of benzene rings is 2. The lowest BCUT2D eigenvalue weighted by Gasteiger charge is -2.16. The predicted molar refractivity (Wildman–Crippen MR) is 107 cm³/mol. The third kappa shape index (κ3) is 4.40. The van der Waals surface area contributed by atoms with Crippen LogP contribution in [0.3, 0.4) is 0 Å². The fourth-order valence-electron chi connectivity index (χ4n) is 2.91. The minimum absolute atomic E-state index is 0.133. The third-order valence-electron chi connectivity index (χ3n) is 4.46. The quantitative estimate of drug-likeness (QED) is 0.760. The molecule has 3 rings (SSSR count). The Labute approximate surface area is 162 Å². The molecule has 0 atom stereocenters. The summed E-state index contributed by atoms with van der Waals surface area (Å²) in [7, 11) is 0. The summed E-state index contributed by atoms with van der Waals surface area (Å²) in [4.78, 5) is 27.7. The number of rotatable bonds is 5. The van der Waals surface area contributed by atoms with Crippen LogP contribution >= 0.6 is 23.4 Å². The number of hydrogen-bond donors (Lipinski definition) is 1. The number of amides is 2. The Morgan fingerprint density at radius 2 is 1.85 bits per heavy atom. The SMILES string of the molecule is Cc1c(Cl)cccc1NC(=O)c1ccccc1SCC(=O)N1CCCC1. The summed E-state index contributed by atoms with van der Waals surface area (Å²) in [5.74, 6) is 0.279. The molecular formula is C20H21ClN2O2S. The molecule has 0 bridgehead atoms. The number of anilines is 1. The van der Waals surface area contributed by atoms with Crippen molar-refractivity contribution in [3.8, 4) is 0 Å². The largest absolute Gasteiger partial charge is 0.342 e. The zero-order valence-corrected chi connectivity index (χ0v) is 16.2. The molecule has 26 heavy (non-hydrogen) atoms. The molecule has 0 aliphatic carbocycles. The van der Waals surface area contributed by atoms with Gasteiger partial charge in [-0.2, -0.15) is 0 Å². The van der Waals surface area contributed by atoms with Gasteiger partial charge in [0.2, 0.25) is 5.91 Å². The monoisotopic (exact) mass is 388 g/mol. The number of hydrogen-bond acceptors (Lipinski definition) is 3. The summed E-state index contributed by atoms with van der Waals surface area (Å²) in [5, 5.41) is 3.53. The molecule has 0 spiro atoms. The minimum Gasteiger partial charge on any atom is -0.342 e. The Balaban J connectivity index is 1.70. The van der Waals surface area contributed by atoms with Gasteiger partial charge in [0.05, 0.1) is 11.3 Å². The number of carbonyl (C=O) groups is 2. The summed E-state index contributed by atoms with van der Waals surface area (Å²) in [6.45, 7) is 3.55. The maximum atomic E-state index is 12.7. The molecule has 0 saturated carbocycles. The number of likely N-dealkylation sites (tertiary alicyclic amines) is 1. The highest BCUT2D eigenvalue weighted by Gasteiger charge is 2.19. The molecule has 1 fully saturated rings. The van der Waals surface area contributed by atoms with Crippen molar-refractivity contribution in [1.29, 1.82) is 0 Å². The van der Waals surface area contributed by atoms with Gasteiger partial charge in [0.15, 0.2) is 0 Å². The lowest BCUT2D eigenvalue weighted by Crippen LogP contribution is -2.29. The standard InChI is InChI=1S/C20H21ClN2O2S/c1-14-16(21)8-6-9-17(14)22-20(25)15-7-2-3-10-18(15)26-13-19(24)23-11-4-5-12-23/h2-3,6-10H,4-5,11-13H2,1H3,(H,22,25). The maximum absolute atomic E-state index is 12.7. The van der Waals surface area contributed by atoms with Crippen LogP contribution in [-0.2, 0) is 4.79 Å². The van der Waals surface area contributed by atoms with Gasteiger partial charge in [-0.15, -0.1) is 11.8 Å². The van der Waals surface area contributed by atoms with Gasteiger partial charge in [-0.1, -0.05) is 29.8 Å². The average Bonchev–Trinajstić information content (AvgIpc) is 3.18. The summed E-state index contributed by atoms with van der Waals surface area (Å²) in [6.07, 6.45) is 2.16. The summed E-state index contributed by atoms with van der Waals surface area (Å²) >= 11 is 7.53. The van der Waals surface area contributed by atoms with E-state index in [1.807, 2.05) is 36.1 Å². The summed E-state index contributed by atoms with van der Waals surface area (Å²) in [6, 6.07) is 12.8. The highest BCUT2D eigenvalue weighted by Crippen LogP contribution is 2.27. The van der Waals surface area contributed by atoms with E-state index in [1.54, 1.807) is 18.2 Å². The Hall–Kier alpha value is -1.98. The first-order valence-electron chi connectivity index (χ1n) is 8.62. The van der Waals surface area contributed by atoms with Crippen LogP contribution < -0.4 is 5.32 Å². The zero-order chi connectivity index (χ0) is 18.5. The van der Waals surface area contributed by atoms with Gasteiger partial charge >= 0.3 is 0 Å². The van der Waals surface area contributed by atoms with Gasteiger partial charge < -0.3 is 10.2 Å². The molecule has 2 amide bonds. The van der Waals surface area contributed by atoms with Crippen LogP contribution in [-0.4, -0.2) is 35.6 Å². The second-order valence-electron chi connectivity index (χ2n) is 6.24. The lowest BCUT2D eigenvalue weighted by atomic mass is 10.1. The number of halogens is 1. The van der Waals surface area contributed by atoms with Gasteiger partial charge in [-0.25, -0.2) is 0 Å². The van der Waals surface area contributed by atoms with Crippen molar-refractivity contribution in [1.82, 2.24) is 4.90 Å². The van der Waals surface area contributed by atoms with Crippen molar-refractivity contribution in [2.45, 2.75) is 24.7 Å². The van der Waals surface area contributed by atoms with Gasteiger partial charge in [-0.05, 0) is 49.6 Å². The molecule has 1 N–H and O–H groups in total. The fraction of sp³-hybridized carbons (Fsp3) is 0.300. The maximum Gasteiger partial charge on any atom is 0.256 e. The number of carbonyl (C=O) groups excluding carboxylic acids is 2. The van der Waals surface area contributed by atoms with E-state index >= 15 is 0 Å². The minimum atomic E-state index is -0.202. The molecule has 1 aliphatic rings. The van der Waals surface area contributed by atoms with Crippen LogP contribution in [0.15, 0.2) is 47.4 Å². The van der Waals surface area contributed by atoms with Gasteiger partial charge in [0, 0.05) is 28.7 Å². The van der Waals surface area contributed by atoms with Crippen molar-refractivity contribution < 1.29 is 9.59 Å². The van der Waals surface area contributed by atoms with Crippen molar-refractivity contribution in [3.05, 3.63) is 58.6 Å². The van der Waals surface area contributed by atoms with Crippen LogP contribution in [0.1, 0.15) is 28.8 Å². The summed E-state index contributed by atoms with van der Waals surface area (Å²) < 4.78 is 0. The van der Waals surface area contributed by atoms with Gasteiger partial charge in [-0.3, -0.25) is 9.59 Å². The molecule has 0 unspecified atom stereocenters. The Kier molecular flexibility index (Phi) is 6.22. The molecule has 136 valence electrons. The number of nitrogens with one attached hydrogen (secondary N) is 1. The van der Waals surface area contributed by atoms with Crippen molar-refractivity contribution >= 4 is 40.9 Å². The zero-order valence-electron chi connectivity index (χ0n) is 14.6. The van der Waals surface area contributed by atoms with E-state index < -0.39 is 0 Å². The average molecular weight is 389 g/mol. The fourth-order valence-corrected chi connectivity index (χ4v) is 4.04. The van der Waals surface area contributed by atoms with Crippen LogP contribution in [0.4, 0.5) is 5.69 Å². The molecule has 6 heteroatoms. The van der Waals surface area contributed by atoms with Crippen molar-refractivity contribution in [2.24, 2.45) is 0 Å². The van der Waals surface area contributed by atoms with Crippen LogP contribution in [0.2, 0.25) is 5.02 Å². The lowest BCUT2D eigenvalue weighted by molar-refractivity contribution is -0.127. The summed E-state index contributed by atoms with van der Waals surface area (Å²) in [5.41, 5.74) is 2.08. The first-order valence-corrected chi connectivity index (χ1v) is 9.98. The first-order chi connectivity index (χ1) is 12.6. The highest BCUT2D eigenvalue weighted by molar-refractivity contribution is 8.00. The smallest absolute Gasteiger partial charge is 0.256 e. The molecule has 1 heterocycles. The van der Waals surface area contributed by atoms with Crippen LogP contribution in [0, 0.1) is 6.92 Å².